The van der Waals surface area contributed by atoms with Gasteiger partial charge in [-0.3, -0.25) is 4.98 Å². The van der Waals surface area contributed by atoms with Crippen LogP contribution in [0.25, 0.3) is 0 Å². The molecule has 1 heterocycles. The zero-order chi connectivity index (χ0) is 11.9. The first-order valence-corrected chi connectivity index (χ1v) is 6.10. The molecule has 88 valence electrons. The molecule has 0 aliphatic carbocycles. The van der Waals surface area contributed by atoms with Crippen LogP contribution in [0.5, 0.6) is 0 Å². The van der Waals surface area contributed by atoms with Crippen LogP contribution in [-0.4, -0.2) is 11.5 Å². The normalized spacial score (nSPS) is 12.3. The lowest BCUT2D eigenvalue weighted by atomic mass is 10.00. The summed E-state index contributed by atoms with van der Waals surface area (Å²) in [6, 6.07) is 14.9. The Morgan fingerprint density at radius 2 is 1.65 bits per heavy atom. The van der Waals surface area contributed by atoms with Gasteiger partial charge in [0.2, 0.25) is 0 Å². The van der Waals surface area contributed by atoms with Crippen molar-refractivity contribution in [3.05, 3.63) is 66.0 Å². The number of rotatable bonds is 5. The summed E-state index contributed by atoms with van der Waals surface area (Å²) in [5.41, 5.74) is 2.56. The van der Waals surface area contributed by atoms with Gasteiger partial charge in [0, 0.05) is 12.4 Å². The van der Waals surface area contributed by atoms with Gasteiger partial charge >= 0.3 is 0 Å². The average Bonchev–Trinajstić information content (AvgIpc) is 2.42. The monoisotopic (exact) mass is 226 g/mol. The molecule has 0 amide bonds. The molecule has 1 aromatic heterocycles. The number of nitrogens with zero attached hydrogens (tertiary/aromatic N) is 1. The lowest BCUT2D eigenvalue weighted by Gasteiger charge is -2.19. The van der Waals surface area contributed by atoms with Gasteiger partial charge in [-0.1, -0.05) is 37.3 Å². The summed E-state index contributed by atoms with van der Waals surface area (Å²) in [6.07, 6.45) is 4.83. The van der Waals surface area contributed by atoms with Gasteiger partial charge in [0.15, 0.2) is 0 Å². The van der Waals surface area contributed by atoms with Crippen LogP contribution >= 0.6 is 0 Å². The highest BCUT2D eigenvalue weighted by Crippen LogP contribution is 2.20. The Kier molecular flexibility index (Phi) is 4.28. The summed E-state index contributed by atoms with van der Waals surface area (Å²) >= 11 is 0. The molecule has 1 aromatic carbocycles. The smallest absolute Gasteiger partial charge is 0.0577 e. The Labute approximate surface area is 103 Å². The minimum Gasteiger partial charge on any atom is -0.306 e. The first kappa shape index (κ1) is 11.8. The molecule has 1 atom stereocenters. The maximum absolute atomic E-state index is 4.07. The molecule has 0 radical (unpaired) electrons. The van der Waals surface area contributed by atoms with Crippen molar-refractivity contribution in [2.75, 3.05) is 6.54 Å². The molecule has 0 spiro atoms. The molecule has 0 saturated heterocycles. The molecule has 0 aliphatic heterocycles. The summed E-state index contributed by atoms with van der Waals surface area (Å²) in [6.45, 7) is 3.20. The maximum Gasteiger partial charge on any atom is 0.0577 e. The summed E-state index contributed by atoms with van der Waals surface area (Å²) in [4.78, 5) is 4.07. The molecule has 17 heavy (non-hydrogen) atoms. The summed E-state index contributed by atoms with van der Waals surface area (Å²) < 4.78 is 0. The van der Waals surface area contributed by atoms with Gasteiger partial charge in [-0.2, -0.15) is 0 Å². The van der Waals surface area contributed by atoms with E-state index in [4.69, 9.17) is 0 Å². The van der Waals surface area contributed by atoms with E-state index in [1.54, 1.807) is 0 Å². The van der Waals surface area contributed by atoms with Gasteiger partial charge in [0.05, 0.1) is 6.04 Å². The van der Waals surface area contributed by atoms with Crippen LogP contribution in [-0.2, 0) is 0 Å². The molecular weight excluding hydrogens is 208 g/mol. The molecular formula is C15H18N2. The zero-order valence-electron chi connectivity index (χ0n) is 10.1. The SMILES string of the molecule is CCCNC(c1ccccc1)c1ccncc1. The predicted octanol–water partition coefficient (Wildman–Crippen LogP) is 3.17. The van der Waals surface area contributed by atoms with Crippen LogP contribution in [0.15, 0.2) is 54.9 Å². The average molecular weight is 226 g/mol. The van der Waals surface area contributed by atoms with Crippen LogP contribution in [0.1, 0.15) is 30.5 Å². The molecule has 0 bridgehead atoms. The number of hydrogen-bond acceptors (Lipinski definition) is 2. The van der Waals surface area contributed by atoms with Crippen molar-refractivity contribution in [3.63, 3.8) is 0 Å². The fourth-order valence-electron chi connectivity index (χ4n) is 1.92. The van der Waals surface area contributed by atoms with Gasteiger partial charge in [0.1, 0.15) is 0 Å². The van der Waals surface area contributed by atoms with Crippen LogP contribution in [0.3, 0.4) is 0 Å². The topological polar surface area (TPSA) is 24.9 Å². The fraction of sp³-hybridized carbons (Fsp3) is 0.267. The van der Waals surface area contributed by atoms with E-state index in [2.05, 4.69) is 53.6 Å². The Bertz CT molecular complexity index is 386. The number of hydrogen-bond donors (Lipinski definition) is 1. The third-order valence-corrected chi connectivity index (χ3v) is 2.77. The molecule has 1 N–H and O–H groups in total. The predicted molar refractivity (Wildman–Crippen MR) is 70.8 cm³/mol. The minimum atomic E-state index is 0.263. The molecule has 2 aromatic rings. The Balaban J connectivity index is 2.26. The molecule has 0 fully saturated rings. The van der Waals surface area contributed by atoms with Gasteiger partial charge in [-0.25, -0.2) is 0 Å². The van der Waals surface area contributed by atoms with E-state index in [0.29, 0.717) is 0 Å². The van der Waals surface area contributed by atoms with Crippen molar-refractivity contribution in [3.8, 4) is 0 Å². The molecule has 0 aliphatic rings. The largest absolute Gasteiger partial charge is 0.306 e. The lowest BCUT2D eigenvalue weighted by molar-refractivity contribution is 0.598. The van der Waals surface area contributed by atoms with E-state index >= 15 is 0 Å². The van der Waals surface area contributed by atoms with Crippen LogP contribution in [0.4, 0.5) is 0 Å². The highest BCUT2D eigenvalue weighted by atomic mass is 14.9. The van der Waals surface area contributed by atoms with E-state index in [-0.39, 0.29) is 6.04 Å². The molecule has 2 nitrogen and oxygen atoms in total. The summed E-state index contributed by atoms with van der Waals surface area (Å²) in [5, 5.41) is 3.57. The molecule has 0 saturated carbocycles. The number of pyridine rings is 1. The fourth-order valence-corrected chi connectivity index (χ4v) is 1.92. The van der Waals surface area contributed by atoms with Crippen LogP contribution in [0, 0.1) is 0 Å². The highest BCUT2D eigenvalue weighted by molar-refractivity contribution is 5.30. The standard InChI is InChI=1S/C15H18N2/c1-2-10-17-15(13-6-4-3-5-7-13)14-8-11-16-12-9-14/h3-9,11-12,15,17H,2,10H2,1H3. The number of benzene rings is 1. The van der Waals surface area contributed by atoms with Crippen molar-refractivity contribution < 1.29 is 0 Å². The second kappa shape index (κ2) is 6.16. The van der Waals surface area contributed by atoms with Crippen molar-refractivity contribution in [2.45, 2.75) is 19.4 Å². The maximum atomic E-state index is 4.07. The number of nitrogens with one attached hydrogen (secondary N) is 1. The van der Waals surface area contributed by atoms with Crippen molar-refractivity contribution in [2.24, 2.45) is 0 Å². The van der Waals surface area contributed by atoms with E-state index in [1.807, 2.05) is 18.5 Å². The third kappa shape index (κ3) is 3.14. The van der Waals surface area contributed by atoms with Crippen molar-refractivity contribution in [1.29, 1.82) is 0 Å². The summed E-state index contributed by atoms with van der Waals surface area (Å²) in [5.74, 6) is 0. The highest BCUT2D eigenvalue weighted by Gasteiger charge is 2.11. The Hall–Kier alpha value is -1.67. The number of aromatic nitrogens is 1. The van der Waals surface area contributed by atoms with Gasteiger partial charge < -0.3 is 5.32 Å². The molecule has 1 unspecified atom stereocenters. The second-order valence-electron chi connectivity index (χ2n) is 4.08. The van der Waals surface area contributed by atoms with Gasteiger partial charge in [-0.05, 0) is 36.2 Å². The van der Waals surface area contributed by atoms with Gasteiger partial charge in [0.25, 0.3) is 0 Å². The third-order valence-electron chi connectivity index (χ3n) is 2.77. The van der Waals surface area contributed by atoms with E-state index in [9.17, 15) is 0 Å². The lowest BCUT2D eigenvalue weighted by Crippen LogP contribution is -2.23. The van der Waals surface area contributed by atoms with E-state index in [1.165, 1.54) is 11.1 Å². The molecule has 2 rings (SSSR count). The van der Waals surface area contributed by atoms with Gasteiger partial charge in [-0.15, -0.1) is 0 Å². The summed E-state index contributed by atoms with van der Waals surface area (Å²) in [7, 11) is 0. The quantitative estimate of drug-likeness (QED) is 0.847. The van der Waals surface area contributed by atoms with E-state index in [0.717, 1.165) is 13.0 Å². The minimum absolute atomic E-state index is 0.263. The molecule has 2 heteroatoms. The van der Waals surface area contributed by atoms with Crippen molar-refractivity contribution >= 4 is 0 Å². The second-order valence-corrected chi connectivity index (χ2v) is 4.08. The first-order chi connectivity index (χ1) is 8.42. The zero-order valence-corrected chi connectivity index (χ0v) is 10.1. The van der Waals surface area contributed by atoms with Crippen molar-refractivity contribution in [1.82, 2.24) is 10.3 Å². The first-order valence-electron chi connectivity index (χ1n) is 6.10. The van der Waals surface area contributed by atoms with E-state index < -0.39 is 0 Å². The van der Waals surface area contributed by atoms with Crippen LogP contribution in [0.2, 0.25) is 0 Å². The Morgan fingerprint density at radius 1 is 1.00 bits per heavy atom. The Morgan fingerprint density at radius 3 is 2.29 bits per heavy atom. The van der Waals surface area contributed by atoms with Crippen LogP contribution < -0.4 is 5.32 Å².